The highest BCUT2D eigenvalue weighted by Gasteiger charge is 2.14. The van der Waals surface area contributed by atoms with Crippen molar-refractivity contribution >= 4 is 23.6 Å². The van der Waals surface area contributed by atoms with E-state index in [1.54, 1.807) is 37.3 Å². The largest absolute Gasteiger partial charge is 0.481 e. The first-order valence-corrected chi connectivity index (χ1v) is 6.07. The molecule has 0 saturated heterocycles. The van der Waals surface area contributed by atoms with Crippen LogP contribution in [-0.2, 0) is 9.59 Å². The number of nitrogens with two attached hydrogens (primary N) is 1. The van der Waals surface area contributed by atoms with Gasteiger partial charge in [0.1, 0.15) is 0 Å². The molecule has 5 nitrogen and oxygen atoms in total. The van der Waals surface area contributed by atoms with Crippen molar-refractivity contribution in [2.45, 2.75) is 13.3 Å². The predicted molar refractivity (Wildman–Crippen MR) is 74.3 cm³/mol. The molecule has 0 fully saturated rings. The Morgan fingerprint density at radius 3 is 2.53 bits per heavy atom. The molecule has 0 aliphatic carbocycles. The highest BCUT2D eigenvalue weighted by molar-refractivity contribution is 5.92. The zero-order valence-corrected chi connectivity index (χ0v) is 10.8. The van der Waals surface area contributed by atoms with Crippen molar-refractivity contribution in [3.05, 3.63) is 35.9 Å². The first-order valence-electron chi connectivity index (χ1n) is 6.07. The van der Waals surface area contributed by atoms with Crippen molar-refractivity contribution in [1.82, 2.24) is 5.32 Å². The molecule has 0 saturated carbocycles. The first-order chi connectivity index (χ1) is 9.02. The van der Waals surface area contributed by atoms with Crippen molar-refractivity contribution in [3.63, 3.8) is 0 Å². The van der Waals surface area contributed by atoms with Gasteiger partial charge in [-0.25, -0.2) is 0 Å². The van der Waals surface area contributed by atoms with Gasteiger partial charge < -0.3 is 16.2 Å². The lowest BCUT2D eigenvalue weighted by Gasteiger charge is -2.09. The molecular formula is C14H18N2O3. The zero-order valence-electron chi connectivity index (χ0n) is 10.8. The van der Waals surface area contributed by atoms with Crippen LogP contribution in [0.2, 0.25) is 0 Å². The molecule has 19 heavy (non-hydrogen) atoms. The lowest BCUT2D eigenvalue weighted by atomic mass is 10.1. The summed E-state index contributed by atoms with van der Waals surface area (Å²) >= 11 is 0. The summed E-state index contributed by atoms with van der Waals surface area (Å²) in [6, 6.07) is 7.08. The number of hydrogen-bond acceptors (Lipinski definition) is 3. The first kappa shape index (κ1) is 14.8. The van der Waals surface area contributed by atoms with Crippen LogP contribution in [0.1, 0.15) is 18.9 Å². The van der Waals surface area contributed by atoms with E-state index in [9.17, 15) is 9.59 Å². The number of anilines is 1. The number of amides is 1. The summed E-state index contributed by atoms with van der Waals surface area (Å²) in [5.41, 5.74) is 7.07. The molecule has 0 bridgehead atoms. The summed E-state index contributed by atoms with van der Waals surface area (Å²) in [4.78, 5) is 22.3. The minimum atomic E-state index is -0.898. The predicted octanol–water partition coefficient (Wildman–Crippen LogP) is 1.51. The lowest BCUT2D eigenvalue weighted by molar-refractivity contribution is -0.141. The summed E-state index contributed by atoms with van der Waals surface area (Å²) < 4.78 is 0. The summed E-state index contributed by atoms with van der Waals surface area (Å²) in [5, 5.41) is 11.4. The molecule has 0 aliphatic rings. The normalized spacial score (nSPS) is 12.3. The van der Waals surface area contributed by atoms with Gasteiger partial charge in [-0.3, -0.25) is 9.59 Å². The molecule has 0 heterocycles. The molecule has 1 atom stereocenters. The van der Waals surface area contributed by atoms with Crippen LogP contribution in [0.4, 0.5) is 5.69 Å². The summed E-state index contributed by atoms with van der Waals surface area (Å²) in [5.74, 6) is -1.75. The molecule has 1 unspecified atom stereocenters. The third kappa shape index (κ3) is 5.25. The van der Waals surface area contributed by atoms with Crippen LogP contribution >= 0.6 is 0 Å². The third-order valence-corrected chi connectivity index (χ3v) is 2.73. The smallest absolute Gasteiger partial charge is 0.308 e. The molecule has 5 heteroatoms. The van der Waals surface area contributed by atoms with Crippen LogP contribution in [0, 0.1) is 5.92 Å². The molecule has 1 rings (SSSR count). The summed E-state index contributed by atoms with van der Waals surface area (Å²) in [6.45, 7) is 1.91. The number of aliphatic carboxylic acids is 1. The summed E-state index contributed by atoms with van der Waals surface area (Å²) in [6.07, 6.45) is 3.51. The Labute approximate surface area is 112 Å². The van der Waals surface area contributed by atoms with Crippen molar-refractivity contribution in [2.75, 3.05) is 12.3 Å². The fraction of sp³-hybridized carbons (Fsp3) is 0.286. The Bertz CT molecular complexity index is 466. The Kier molecular flexibility index (Phi) is 5.60. The van der Waals surface area contributed by atoms with E-state index in [4.69, 9.17) is 10.8 Å². The van der Waals surface area contributed by atoms with Gasteiger partial charge in [-0.15, -0.1) is 0 Å². The monoisotopic (exact) mass is 262 g/mol. The highest BCUT2D eigenvalue weighted by atomic mass is 16.4. The topological polar surface area (TPSA) is 92.4 Å². The van der Waals surface area contributed by atoms with E-state index in [1.807, 2.05) is 0 Å². The average molecular weight is 262 g/mol. The van der Waals surface area contributed by atoms with Crippen molar-refractivity contribution in [3.8, 4) is 0 Å². The maximum absolute atomic E-state index is 11.5. The van der Waals surface area contributed by atoms with Gasteiger partial charge >= 0.3 is 5.97 Å². The van der Waals surface area contributed by atoms with Gasteiger partial charge in [-0.1, -0.05) is 19.1 Å². The molecule has 0 aromatic heterocycles. The number of hydrogen-bond donors (Lipinski definition) is 3. The second-order valence-corrected chi connectivity index (χ2v) is 4.19. The van der Waals surface area contributed by atoms with Crippen molar-refractivity contribution in [1.29, 1.82) is 0 Å². The van der Waals surface area contributed by atoms with E-state index < -0.39 is 11.9 Å². The van der Waals surface area contributed by atoms with E-state index in [2.05, 4.69) is 5.32 Å². The van der Waals surface area contributed by atoms with E-state index in [1.165, 1.54) is 6.08 Å². The molecule has 102 valence electrons. The Morgan fingerprint density at radius 2 is 2.00 bits per heavy atom. The maximum Gasteiger partial charge on any atom is 0.308 e. The number of carbonyl (C=O) groups is 2. The average Bonchev–Trinajstić information content (AvgIpc) is 2.38. The van der Waals surface area contributed by atoms with Crippen LogP contribution in [0.3, 0.4) is 0 Å². The Hall–Kier alpha value is -2.30. The number of carbonyl (C=O) groups excluding carboxylic acids is 1. The SMILES string of the molecule is CCC(CNC(=O)/C=C/c1ccc(N)cc1)C(=O)O. The van der Waals surface area contributed by atoms with Crippen LogP contribution in [0.5, 0.6) is 0 Å². The van der Waals surface area contributed by atoms with Gasteiger partial charge in [0.15, 0.2) is 0 Å². The minimum absolute atomic E-state index is 0.136. The van der Waals surface area contributed by atoms with Gasteiger partial charge in [0, 0.05) is 18.3 Å². The van der Waals surface area contributed by atoms with E-state index in [0.717, 1.165) is 5.56 Å². The number of rotatable bonds is 6. The van der Waals surface area contributed by atoms with Gasteiger partial charge in [0.25, 0.3) is 0 Å². The molecule has 4 N–H and O–H groups in total. The number of benzene rings is 1. The van der Waals surface area contributed by atoms with Crippen LogP contribution in [-0.4, -0.2) is 23.5 Å². The van der Waals surface area contributed by atoms with E-state index in [-0.39, 0.29) is 12.5 Å². The van der Waals surface area contributed by atoms with Gasteiger partial charge in [-0.05, 0) is 30.2 Å². The number of carboxylic acid groups (broad SMARTS) is 1. The molecule has 0 radical (unpaired) electrons. The zero-order chi connectivity index (χ0) is 14.3. The Morgan fingerprint density at radius 1 is 1.37 bits per heavy atom. The van der Waals surface area contributed by atoms with Crippen LogP contribution < -0.4 is 11.1 Å². The second-order valence-electron chi connectivity index (χ2n) is 4.19. The Balaban J connectivity index is 2.47. The molecule has 1 aromatic carbocycles. The molecule has 0 spiro atoms. The number of nitrogens with one attached hydrogen (secondary N) is 1. The standard InChI is InChI=1S/C14H18N2O3/c1-2-11(14(18)19)9-16-13(17)8-5-10-3-6-12(15)7-4-10/h3-8,11H,2,9,15H2,1H3,(H,16,17)(H,18,19)/b8-5+. The van der Waals surface area contributed by atoms with Gasteiger partial charge in [0.05, 0.1) is 5.92 Å². The third-order valence-electron chi connectivity index (χ3n) is 2.73. The molecule has 1 aromatic rings. The number of carboxylic acids is 1. The summed E-state index contributed by atoms with van der Waals surface area (Å²) in [7, 11) is 0. The van der Waals surface area contributed by atoms with Gasteiger partial charge in [-0.2, -0.15) is 0 Å². The molecule has 1 amide bonds. The van der Waals surface area contributed by atoms with Crippen molar-refractivity contribution in [2.24, 2.45) is 5.92 Å². The number of nitrogen functional groups attached to an aromatic ring is 1. The quantitative estimate of drug-likeness (QED) is 0.535. The van der Waals surface area contributed by atoms with Crippen LogP contribution in [0.25, 0.3) is 6.08 Å². The van der Waals surface area contributed by atoms with Crippen LogP contribution in [0.15, 0.2) is 30.3 Å². The lowest BCUT2D eigenvalue weighted by Crippen LogP contribution is -2.31. The van der Waals surface area contributed by atoms with Gasteiger partial charge in [0.2, 0.25) is 5.91 Å². The highest BCUT2D eigenvalue weighted by Crippen LogP contribution is 2.07. The second kappa shape index (κ2) is 7.20. The fourth-order valence-corrected chi connectivity index (χ4v) is 1.47. The minimum Gasteiger partial charge on any atom is -0.481 e. The van der Waals surface area contributed by atoms with Crippen molar-refractivity contribution < 1.29 is 14.7 Å². The maximum atomic E-state index is 11.5. The fourth-order valence-electron chi connectivity index (χ4n) is 1.47. The molecule has 0 aliphatic heterocycles. The van der Waals surface area contributed by atoms with E-state index >= 15 is 0 Å². The van der Waals surface area contributed by atoms with E-state index in [0.29, 0.717) is 12.1 Å². The molecular weight excluding hydrogens is 244 g/mol.